The molecule has 1 aliphatic carbocycles. The van der Waals surface area contributed by atoms with E-state index in [1.54, 1.807) is 6.08 Å². The van der Waals surface area contributed by atoms with Crippen LogP contribution in [-0.2, 0) is 27.5 Å². The molecule has 0 fully saturated rings. The summed E-state index contributed by atoms with van der Waals surface area (Å²) in [6.45, 7) is 0.410. The van der Waals surface area contributed by atoms with Crippen molar-refractivity contribution in [2.75, 3.05) is 0 Å². The maximum absolute atomic E-state index is 12.3. The van der Waals surface area contributed by atoms with Crippen molar-refractivity contribution < 1.29 is 19.1 Å². The lowest BCUT2D eigenvalue weighted by Gasteiger charge is -2.19. The monoisotopic (exact) mass is 351 g/mol. The van der Waals surface area contributed by atoms with Crippen LogP contribution in [0, 0.1) is 5.92 Å². The van der Waals surface area contributed by atoms with Gasteiger partial charge in [-0.25, -0.2) is 4.79 Å². The van der Waals surface area contributed by atoms with Gasteiger partial charge in [0.05, 0.1) is 12.0 Å². The number of carbonyl (C=O) groups is 2. The average Bonchev–Trinajstić information content (AvgIpc) is 3.14. The Balaban J connectivity index is 1.47. The number of allylic oxidation sites excluding steroid dienone is 1. The number of carbonyl (C=O) groups excluding carboxylic acids is 2. The maximum atomic E-state index is 12.3. The third-order valence-corrected chi connectivity index (χ3v) is 4.19. The molecule has 2 atom stereocenters. The highest BCUT2D eigenvalue weighted by atomic mass is 16.5. The second-order valence-electron chi connectivity index (χ2n) is 6.10. The maximum Gasteiger partial charge on any atom is 0.407 e. The molecule has 0 saturated carbocycles. The van der Waals surface area contributed by atoms with Crippen molar-refractivity contribution in [2.24, 2.45) is 5.92 Å². The standard InChI is InChI=1S/C21H21NO4/c23-20(25-14-16-8-3-1-4-9-16)18-12-7-13-19(18)22-21(24)26-15-17-10-5-2-6-11-17/h1-11,13,18-19H,12,14-15H2,(H,22,24)/t18-,19+/m1/s1. The minimum absolute atomic E-state index is 0.187. The molecule has 1 amide bonds. The Morgan fingerprint density at radius 2 is 1.46 bits per heavy atom. The van der Waals surface area contributed by atoms with Gasteiger partial charge >= 0.3 is 12.1 Å². The van der Waals surface area contributed by atoms with Crippen molar-refractivity contribution in [1.82, 2.24) is 5.32 Å². The molecule has 0 spiro atoms. The van der Waals surface area contributed by atoms with E-state index in [1.807, 2.05) is 66.7 Å². The van der Waals surface area contributed by atoms with Crippen LogP contribution in [0.1, 0.15) is 17.5 Å². The lowest BCUT2D eigenvalue weighted by molar-refractivity contribution is -0.150. The zero-order valence-electron chi connectivity index (χ0n) is 14.3. The molecule has 2 aromatic rings. The number of esters is 1. The van der Waals surface area contributed by atoms with E-state index in [1.165, 1.54) is 0 Å². The molecule has 3 rings (SSSR count). The summed E-state index contributed by atoms with van der Waals surface area (Å²) in [4.78, 5) is 24.3. The summed E-state index contributed by atoms with van der Waals surface area (Å²) >= 11 is 0. The molecular weight excluding hydrogens is 330 g/mol. The van der Waals surface area contributed by atoms with Gasteiger partial charge in [0, 0.05) is 0 Å². The molecule has 134 valence electrons. The second kappa shape index (κ2) is 8.85. The number of amides is 1. The van der Waals surface area contributed by atoms with Crippen molar-refractivity contribution in [2.45, 2.75) is 25.7 Å². The van der Waals surface area contributed by atoms with Crippen LogP contribution < -0.4 is 5.32 Å². The predicted molar refractivity (Wildman–Crippen MR) is 97.0 cm³/mol. The molecule has 26 heavy (non-hydrogen) atoms. The molecule has 1 aliphatic rings. The van der Waals surface area contributed by atoms with Crippen LogP contribution in [0.5, 0.6) is 0 Å². The molecule has 5 heteroatoms. The summed E-state index contributed by atoms with van der Waals surface area (Å²) in [7, 11) is 0. The molecule has 0 bridgehead atoms. The molecule has 0 heterocycles. The predicted octanol–water partition coefficient (Wildman–Crippen LogP) is 3.60. The normalized spacial score (nSPS) is 18.3. The van der Waals surface area contributed by atoms with Crippen molar-refractivity contribution in [3.63, 3.8) is 0 Å². The molecule has 0 aromatic heterocycles. The van der Waals surface area contributed by atoms with Crippen LogP contribution in [0.25, 0.3) is 0 Å². The van der Waals surface area contributed by atoms with Gasteiger partial charge in [-0.05, 0) is 17.5 Å². The highest BCUT2D eigenvalue weighted by Crippen LogP contribution is 2.21. The molecule has 5 nitrogen and oxygen atoms in total. The summed E-state index contributed by atoms with van der Waals surface area (Å²) < 4.78 is 10.6. The summed E-state index contributed by atoms with van der Waals surface area (Å²) in [5, 5.41) is 2.73. The average molecular weight is 351 g/mol. The Bertz CT molecular complexity index is 758. The summed E-state index contributed by atoms with van der Waals surface area (Å²) in [5.41, 5.74) is 1.84. The number of hydrogen-bond donors (Lipinski definition) is 1. The van der Waals surface area contributed by atoms with Crippen molar-refractivity contribution in [1.29, 1.82) is 0 Å². The van der Waals surface area contributed by atoms with Gasteiger partial charge in [-0.2, -0.15) is 0 Å². The molecule has 0 saturated heterocycles. The Kier molecular flexibility index (Phi) is 6.04. The van der Waals surface area contributed by atoms with E-state index in [4.69, 9.17) is 9.47 Å². The van der Waals surface area contributed by atoms with Gasteiger partial charge in [0.1, 0.15) is 13.2 Å². The van der Waals surface area contributed by atoms with Crippen LogP contribution in [-0.4, -0.2) is 18.1 Å². The fraction of sp³-hybridized carbons (Fsp3) is 0.238. The number of nitrogens with one attached hydrogen (secondary N) is 1. The number of alkyl carbamates (subject to hydrolysis) is 1. The Hall–Kier alpha value is -3.08. The quantitative estimate of drug-likeness (QED) is 0.638. The van der Waals surface area contributed by atoms with E-state index in [0.29, 0.717) is 6.42 Å². The Morgan fingerprint density at radius 3 is 2.08 bits per heavy atom. The fourth-order valence-corrected chi connectivity index (χ4v) is 2.78. The number of rotatable bonds is 6. The highest BCUT2D eigenvalue weighted by molar-refractivity contribution is 5.76. The van der Waals surface area contributed by atoms with E-state index < -0.39 is 18.1 Å². The second-order valence-corrected chi connectivity index (χ2v) is 6.10. The SMILES string of the molecule is O=C(N[C@H]1C=CC[C@H]1C(=O)OCc1ccccc1)OCc1ccccc1. The van der Waals surface area contributed by atoms with Crippen LogP contribution in [0.15, 0.2) is 72.8 Å². The lowest BCUT2D eigenvalue weighted by atomic mass is 10.0. The van der Waals surface area contributed by atoms with Gasteiger partial charge in [-0.1, -0.05) is 72.8 Å². The fourth-order valence-electron chi connectivity index (χ4n) is 2.78. The van der Waals surface area contributed by atoms with Crippen LogP contribution >= 0.6 is 0 Å². The van der Waals surface area contributed by atoms with Gasteiger partial charge in [0.2, 0.25) is 0 Å². The van der Waals surface area contributed by atoms with Crippen LogP contribution in [0.4, 0.5) is 4.79 Å². The highest BCUT2D eigenvalue weighted by Gasteiger charge is 2.32. The summed E-state index contributed by atoms with van der Waals surface area (Å²) in [6.07, 6.45) is 3.66. The summed E-state index contributed by atoms with van der Waals surface area (Å²) in [5.74, 6) is -0.754. The van der Waals surface area contributed by atoms with Crippen LogP contribution in [0.3, 0.4) is 0 Å². The minimum atomic E-state index is -0.550. The smallest absolute Gasteiger partial charge is 0.407 e. The van der Waals surface area contributed by atoms with Gasteiger partial charge < -0.3 is 14.8 Å². The van der Waals surface area contributed by atoms with E-state index in [2.05, 4.69) is 5.32 Å². The van der Waals surface area contributed by atoms with Gasteiger partial charge in [0.25, 0.3) is 0 Å². The number of benzene rings is 2. The van der Waals surface area contributed by atoms with Crippen molar-refractivity contribution >= 4 is 12.1 Å². The number of hydrogen-bond acceptors (Lipinski definition) is 4. The Morgan fingerprint density at radius 1 is 0.885 bits per heavy atom. The third-order valence-electron chi connectivity index (χ3n) is 4.19. The largest absolute Gasteiger partial charge is 0.461 e. The molecule has 2 aromatic carbocycles. The first kappa shape index (κ1) is 17.7. The minimum Gasteiger partial charge on any atom is -0.461 e. The first-order valence-electron chi connectivity index (χ1n) is 8.57. The molecule has 0 unspecified atom stereocenters. The van der Waals surface area contributed by atoms with E-state index in [9.17, 15) is 9.59 Å². The van der Waals surface area contributed by atoms with Crippen molar-refractivity contribution in [3.05, 3.63) is 83.9 Å². The van der Waals surface area contributed by atoms with Crippen LogP contribution in [0.2, 0.25) is 0 Å². The molecule has 1 N–H and O–H groups in total. The topological polar surface area (TPSA) is 64.6 Å². The first-order valence-corrected chi connectivity index (χ1v) is 8.57. The molecule has 0 radical (unpaired) electrons. The first-order chi connectivity index (χ1) is 12.7. The zero-order valence-corrected chi connectivity index (χ0v) is 14.3. The van der Waals surface area contributed by atoms with Gasteiger partial charge in [0.15, 0.2) is 0 Å². The van der Waals surface area contributed by atoms with Crippen molar-refractivity contribution in [3.8, 4) is 0 Å². The van der Waals surface area contributed by atoms with Gasteiger partial charge in [-0.15, -0.1) is 0 Å². The van der Waals surface area contributed by atoms with E-state index in [0.717, 1.165) is 11.1 Å². The molecular formula is C21H21NO4. The lowest BCUT2D eigenvalue weighted by Crippen LogP contribution is -2.40. The summed E-state index contributed by atoms with van der Waals surface area (Å²) in [6, 6.07) is 18.5. The molecule has 0 aliphatic heterocycles. The zero-order chi connectivity index (χ0) is 18.2. The number of ether oxygens (including phenoxy) is 2. The van der Waals surface area contributed by atoms with E-state index >= 15 is 0 Å². The third kappa shape index (κ3) is 4.96. The Labute approximate surface area is 152 Å². The van der Waals surface area contributed by atoms with Gasteiger partial charge in [-0.3, -0.25) is 4.79 Å². The van der Waals surface area contributed by atoms with E-state index in [-0.39, 0.29) is 19.2 Å².